The highest BCUT2D eigenvalue weighted by atomic mass is 15.0. The van der Waals surface area contributed by atoms with Crippen LogP contribution in [0, 0.1) is 0 Å². The maximum Gasteiger partial charge on any atom is 0.210 e. The first-order valence-electron chi connectivity index (χ1n) is 10.3. The molecule has 4 aromatic rings. The predicted octanol–water partition coefficient (Wildman–Crippen LogP) is 5.81. The summed E-state index contributed by atoms with van der Waals surface area (Å²) in [6.45, 7) is 2.40. The summed E-state index contributed by atoms with van der Waals surface area (Å²) >= 11 is 0. The second-order valence-corrected chi connectivity index (χ2v) is 8.13. The van der Waals surface area contributed by atoms with E-state index < -0.39 is 0 Å². The van der Waals surface area contributed by atoms with Crippen LogP contribution in [0.1, 0.15) is 40.9 Å². The van der Waals surface area contributed by atoms with Crippen LogP contribution in [-0.2, 0) is 5.41 Å². The van der Waals surface area contributed by atoms with Crippen LogP contribution in [0.15, 0.2) is 109 Å². The Balaban J connectivity index is 1.80. The third kappa shape index (κ3) is 2.13. The summed E-state index contributed by atoms with van der Waals surface area (Å²) < 4.78 is 2.48. The summed E-state index contributed by atoms with van der Waals surface area (Å²) in [6, 6.07) is 37.7. The molecule has 29 heavy (non-hydrogen) atoms. The highest BCUT2D eigenvalue weighted by Crippen LogP contribution is 2.58. The maximum atomic E-state index is 2.48. The molecule has 138 valence electrons. The number of pyridine rings is 1. The molecule has 1 aromatic heterocycles. The van der Waals surface area contributed by atoms with Crippen molar-refractivity contribution in [2.45, 2.75) is 18.4 Å². The van der Waals surface area contributed by atoms with Crippen molar-refractivity contribution in [1.82, 2.24) is 0 Å². The van der Waals surface area contributed by atoms with Gasteiger partial charge in [0, 0.05) is 23.3 Å². The highest BCUT2D eigenvalue weighted by molar-refractivity contribution is 6.01. The van der Waals surface area contributed by atoms with Crippen molar-refractivity contribution in [2.24, 2.45) is 0 Å². The summed E-state index contributed by atoms with van der Waals surface area (Å²) in [5.74, 6) is 0. The number of aromatic nitrogens is 1. The first-order valence-corrected chi connectivity index (χ1v) is 10.3. The molecular formula is C28H22N+. The van der Waals surface area contributed by atoms with Crippen LogP contribution in [0.2, 0.25) is 0 Å². The lowest BCUT2D eigenvalue weighted by molar-refractivity contribution is -0.714. The maximum absolute atomic E-state index is 2.48. The molecule has 2 aliphatic heterocycles. The van der Waals surface area contributed by atoms with Gasteiger partial charge >= 0.3 is 0 Å². The highest BCUT2D eigenvalue weighted by Gasteiger charge is 2.56. The van der Waals surface area contributed by atoms with Crippen LogP contribution in [0.3, 0.4) is 0 Å². The Hall–Kier alpha value is -3.45. The Morgan fingerprint density at radius 2 is 1.28 bits per heavy atom. The molecule has 1 aliphatic carbocycles. The molecule has 2 atom stereocenters. The number of hydrogen-bond donors (Lipinski definition) is 0. The summed E-state index contributed by atoms with van der Waals surface area (Å²) in [4.78, 5) is 0. The minimum Gasteiger partial charge on any atom is -0.190 e. The van der Waals surface area contributed by atoms with E-state index >= 15 is 0 Å². The van der Waals surface area contributed by atoms with Gasteiger partial charge < -0.3 is 0 Å². The van der Waals surface area contributed by atoms with Crippen LogP contribution in [0.5, 0.6) is 0 Å². The second kappa shape index (κ2) is 6.02. The lowest BCUT2D eigenvalue weighted by Crippen LogP contribution is -2.58. The lowest BCUT2D eigenvalue weighted by Gasteiger charge is -2.45. The van der Waals surface area contributed by atoms with Crippen molar-refractivity contribution in [3.05, 3.63) is 137 Å². The molecule has 7 rings (SSSR count). The quantitative estimate of drug-likeness (QED) is 0.391. The van der Waals surface area contributed by atoms with E-state index in [0.29, 0.717) is 0 Å². The zero-order chi connectivity index (χ0) is 19.4. The lowest BCUT2D eigenvalue weighted by atomic mass is 9.58. The van der Waals surface area contributed by atoms with Gasteiger partial charge in [-0.2, -0.15) is 4.57 Å². The van der Waals surface area contributed by atoms with Crippen molar-refractivity contribution in [3.8, 4) is 0 Å². The van der Waals surface area contributed by atoms with E-state index in [9.17, 15) is 0 Å². The first kappa shape index (κ1) is 16.5. The normalized spacial score (nSPS) is 21.6. The molecule has 0 fully saturated rings. The second-order valence-electron chi connectivity index (χ2n) is 8.13. The molecule has 0 saturated heterocycles. The Morgan fingerprint density at radius 3 is 2.03 bits per heavy atom. The molecule has 0 amide bonds. The smallest absolute Gasteiger partial charge is 0.190 e. The average Bonchev–Trinajstić information content (AvgIpc) is 2.80. The van der Waals surface area contributed by atoms with Crippen molar-refractivity contribution in [2.75, 3.05) is 0 Å². The standard InChI is InChI=1S/C28H22N/c1-28-23-17-9-8-16-22(23)27(29-19-11-10-18-24(28)29)25(20-12-4-2-5-13-20)26(28)21-14-6-3-7-15-21/h2-19,27H,1H3/q+1/t27-,28+/m0/s1. The van der Waals surface area contributed by atoms with Gasteiger partial charge in [-0.1, -0.05) is 91.0 Å². The van der Waals surface area contributed by atoms with Gasteiger partial charge in [-0.05, 0) is 29.2 Å². The van der Waals surface area contributed by atoms with E-state index in [1.165, 1.54) is 39.1 Å². The van der Waals surface area contributed by atoms with Gasteiger partial charge in [0.15, 0.2) is 11.9 Å². The monoisotopic (exact) mass is 372 g/mol. The first-order chi connectivity index (χ1) is 14.3. The van der Waals surface area contributed by atoms with Crippen LogP contribution < -0.4 is 4.57 Å². The van der Waals surface area contributed by atoms with Crippen molar-refractivity contribution in [3.63, 3.8) is 0 Å². The van der Waals surface area contributed by atoms with Crippen LogP contribution in [0.4, 0.5) is 0 Å². The van der Waals surface area contributed by atoms with E-state index in [-0.39, 0.29) is 11.5 Å². The van der Waals surface area contributed by atoms with E-state index in [4.69, 9.17) is 0 Å². The molecule has 0 N–H and O–H groups in total. The van der Waals surface area contributed by atoms with Crippen LogP contribution in [0.25, 0.3) is 11.1 Å². The van der Waals surface area contributed by atoms with Gasteiger partial charge in [0.05, 0.1) is 0 Å². The zero-order valence-corrected chi connectivity index (χ0v) is 16.4. The van der Waals surface area contributed by atoms with Gasteiger partial charge in [0.1, 0.15) is 5.41 Å². The summed E-state index contributed by atoms with van der Waals surface area (Å²) in [5, 5.41) is 0. The molecule has 3 aliphatic rings. The zero-order valence-electron chi connectivity index (χ0n) is 16.4. The minimum absolute atomic E-state index is 0.182. The van der Waals surface area contributed by atoms with Crippen molar-refractivity contribution < 1.29 is 4.57 Å². The third-order valence-electron chi connectivity index (χ3n) is 6.66. The predicted molar refractivity (Wildman–Crippen MR) is 117 cm³/mol. The van der Waals surface area contributed by atoms with Gasteiger partial charge in [0.2, 0.25) is 6.04 Å². The molecule has 2 bridgehead atoms. The summed E-state index contributed by atoms with van der Waals surface area (Å²) in [5.41, 5.74) is 9.46. The topological polar surface area (TPSA) is 3.88 Å². The SMILES string of the molecule is C[C@@]12C(c3ccccc3)=C(c3ccccc3)[C@H](c3ccccc31)[n+]1ccccc12. The van der Waals surface area contributed by atoms with Crippen LogP contribution in [-0.4, -0.2) is 0 Å². The molecular weight excluding hydrogens is 350 g/mol. The molecule has 1 heteroatoms. The van der Waals surface area contributed by atoms with Gasteiger partial charge in [-0.25, -0.2) is 0 Å². The third-order valence-corrected chi connectivity index (χ3v) is 6.66. The van der Waals surface area contributed by atoms with E-state index in [2.05, 4.69) is 121 Å². The number of benzene rings is 3. The van der Waals surface area contributed by atoms with Gasteiger partial charge in [-0.15, -0.1) is 0 Å². The summed E-state index contributed by atoms with van der Waals surface area (Å²) in [6.07, 6.45) is 2.25. The van der Waals surface area contributed by atoms with E-state index in [0.717, 1.165) is 0 Å². The van der Waals surface area contributed by atoms with E-state index in [1.54, 1.807) is 0 Å². The minimum atomic E-state index is -0.209. The van der Waals surface area contributed by atoms with E-state index in [1.807, 2.05) is 0 Å². The van der Waals surface area contributed by atoms with Crippen molar-refractivity contribution >= 4 is 11.1 Å². The van der Waals surface area contributed by atoms with Gasteiger partial charge in [0.25, 0.3) is 0 Å². The Bertz CT molecular complexity index is 1200. The molecule has 0 spiro atoms. The number of rotatable bonds is 2. The fraction of sp³-hybridized carbons (Fsp3) is 0.107. The Morgan fingerprint density at radius 1 is 0.655 bits per heavy atom. The molecule has 3 aromatic carbocycles. The van der Waals surface area contributed by atoms with Gasteiger partial charge in [-0.3, -0.25) is 0 Å². The largest absolute Gasteiger partial charge is 0.210 e. The molecule has 1 nitrogen and oxygen atoms in total. The fourth-order valence-electron chi connectivity index (χ4n) is 5.52. The fourth-order valence-corrected chi connectivity index (χ4v) is 5.52. The summed E-state index contributed by atoms with van der Waals surface area (Å²) in [7, 11) is 0. The Kier molecular flexibility index (Phi) is 3.43. The number of allylic oxidation sites excluding steroid dienone is 2. The number of hydrogen-bond acceptors (Lipinski definition) is 0. The Labute approximate surface area is 171 Å². The molecule has 0 radical (unpaired) electrons. The molecule has 0 unspecified atom stereocenters. The average molecular weight is 372 g/mol. The molecule has 3 heterocycles. The van der Waals surface area contributed by atoms with Crippen LogP contribution >= 0.6 is 0 Å². The molecule has 0 saturated carbocycles. The number of nitrogens with zero attached hydrogens (tertiary/aromatic N) is 1. The van der Waals surface area contributed by atoms with Crippen molar-refractivity contribution in [1.29, 1.82) is 0 Å².